The minimum atomic E-state index is -1.35. The Kier molecular flexibility index (Phi) is 4.53. The van der Waals surface area contributed by atoms with Crippen molar-refractivity contribution >= 4 is 12.1 Å². The van der Waals surface area contributed by atoms with Gasteiger partial charge in [0.15, 0.2) is 0 Å². The molecule has 104 valence electrons. The molecule has 5 heteroatoms. The first kappa shape index (κ1) is 15.0. The van der Waals surface area contributed by atoms with Crippen molar-refractivity contribution in [1.29, 1.82) is 0 Å². The van der Waals surface area contributed by atoms with Crippen LogP contribution in [0.1, 0.15) is 30.5 Å². The number of carboxylic acid groups (broad SMARTS) is 1. The number of carboxylic acids is 1. The third-order valence-electron chi connectivity index (χ3n) is 2.81. The van der Waals surface area contributed by atoms with Gasteiger partial charge in [-0.3, -0.25) is 0 Å². The van der Waals surface area contributed by atoms with E-state index in [0.29, 0.717) is 0 Å². The highest BCUT2D eigenvalue weighted by molar-refractivity contribution is 5.83. The number of benzene rings is 1. The third-order valence-corrected chi connectivity index (χ3v) is 2.81. The molecule has 0 radical (unpaired) electrons. The molecule has 0 fully saturated rings. The Hall–Kier alpha value is -2.04. The second-order valence-corrected chi connectivity index (χ2v) is 5.06. The summed E-state index contributed by atoms with van der Waals surface area (Å²) in [7, 11) is 0. The van der Waals surface area contributed by atoms with E-state index in [4.69, 9.17) is 9.84 Å². The Morgan fingerprint density at radius 1 is 1.32 bits per heavy atom. The molecule has 1 aromatic carbocycles. The monoisotopic (exact) mass is 265 g/mol. The molecule has 0 saturated heterocycles. The highest BCUT2D eigenvalue weighted by Crippen LogP contribution is 2.12. The van der Waals surface area contributed by atoms with Gasteiger partial charge in [-0.2, -0.15) is 0 Å². The van der Waals surface area contributed by atoms with Crippen molar-refractivity contribution in [2.75, 3.05) is 0 Å². The molecule has 0 spiro atoms. The quantitative estimate of drug-likeness (QED) is 0.876. The van der Waals surface area contributed by atoms with Crippen LogP contribution in [0.2, 0.25) is 0 Å². The van der Waals surface area contributed by atoms with E-state index in [1.54, 1.807) is 0 Å². The topological polar surface area (TPSA) is 75.6 Å². The van der Waals surface area contributed by atoms with Gasteiger partial charge in [-0.15, -0.1) is 0 Å². The standard InChI is InChI=1S/C14H19NO4/c1-9-5-6-10(2)11(7-9)8-19-13(18)15-14(3,4)12(16)17/h5-7H,8H2,1-4H3,(H,15,18)(H,16,17). The van der Waals surface area contributed by atoms with Crippen LogP contribution in [-0.4, -0.2) is 22.7 Å². The van der Waals surface area contributed by atoms with E-state index in [-0.39, 0.29) is 6.61 Å². The Balaban J connectivity index is 2.60. The molecule has 5 nitrogen and oxygen atoms in total. The largest absolute Gasteiger partial charge is 0.480 e. The first-order valence-corrected chi connectivity index (χ1v) is 5.97. The van der Waals surface area contributed by atoms with E-state index >= 15 is 0 Å². The van der Waals surface area contributed by atoms with Gasteiger partial charge in [-0.1, -0.05) is 23.8 Å². The highest BCUT2D eigenvalue weighted by atomic mass is 16.5. The molecule has 0 aliphatic carbocycles. The number of carbonyl (C=O) groups is 2. The van der Waals surface area contributed by atoms with E-state index in [2.05, 4.69) is 5.32 Å². The minimum absolute atomic E-state index is 0.120. The Morgan fingerprint density at radius 3 is 2.53 bits per heavy atom. The zero-order valence-corrected chi connectivity index (χ0v) is 11.6. The summed E-state index contributed by atoms with van der Waals surface area (Å²) in [6.07, 6.45) is -0.742. The second-order valence-electron chi connectivity index (χ2n) is 5.06. The van der Waals surface area contributed by atoms with E-state index in [9.17, 15) is 9.59 Å². The predicted molar refractivity (Wildman–Crippen MR) is 71.0 cm³/mol. The number of rotatable bonds is 4. The van der Waals surface area contributed by atoms with Crippen LogP contribution in [0.4, 0.5) is 4.79 Å². The van der Waals surface area contributed by atoms with Crippen LogP contribution in [0, 0.1) is 13.8 Å². The van der Waals surface area contributed by atoms with Crippen molar-refractivity contribution in [3.63, 3.8) is 0 Å². The number of alkyl carbamates (subject to hydrolysis) is 1. The van der Waals surface area contributed by atoms with Gasteiger partial charge in [0.25, 0.3) is 0 Å². The first-order valence-electron chi connectivity index (χ1n) is 5.97. The zero-order chi connectivity index (χ0) is 14.6. The number of hydrogen-bond acceptors (Lipinski definition) is 3. The normalized spacial score (nSPS) is 10.9. The van der Waals surface area contributed by atoms with Gasteiger partial charge in [0.2, 0.25) is 0 Å². The molecule has 1 amide bonds. The molecular formula is C14H19NO4. The number of aryl methyl sites for hydroxylation is 2. The molecule has 0 aromatic heterocycles. The summed E-state index contributed by atoms with van der Waals surface area (Å²) >= 11 is 0. The number of amides is 1. The average Bonchev–Trinajstić information content (AvgIpc) is 2.29. The summed E-state index contributed by atoms with van der Waals surface area (Å²) in [6.45, 7) is 6.80. The molecule has 0 bridgehead atoms. The SMILES string of the molecule is Cc1ccc(C)c(COC(=O)NC(C)(C)C(=O)O)c1. The summed E-state index contributed by atoms with van der Waals surface area (Å²) < 4.78 is 5.04. The molecule has 19 heavy (non-hydrogen) atoms. The first-order chi connectivity index (χ1) is 8.72. The average molecular weight is 265 g/mol. The van der Waals surface area contributed by atoms with Crippen molar-refractivity contribution in [2.24, 2.45) is 0 Å². The van der Waals surface area contributed by atoms with Crippen LogP contribution in [0.3, 0.4) is 0 Å². The van der Waals surface area contributed by atoms with Crippen molar-refractivity contribution in [1.82, 2.24) is 5.32 Å². The molecule has 0 heterocycles. The molecule has 1 aromatic rings. The summed E-state index contributed by atoms with van der Waals surface area (Å²) in [6, 6.07) is 5.87. The second kappa shape index (κ2) is 5.73. The van der Waals surface area contributed by atoms with Gasteiger partial charge in [0, 0.05) is 0 Å². The lowest BCUT2D eigenvalue weighted by Gasteiger charge is -2.20. The van der Waals surface area contributed by atoms with Crippen molar-refractivity contribution in [3.8, 4) is 0 Å². The van der Waals surface area contributed by atoms with Gasteiger partial charge < -0.3 is 15.2 Å². The Morgan fingerprint density at radius 2 is 1.95 bits per heavy atom. The van der Waals surface area contributed by atoms with Gasteiger partial charge in [-0.25, -0.2) is 9.59 Å². The highest BCUT2D eigenvalue weighted by Gasteiger charge is 2.29. The molecule has 2 N–H and O–H groups in total. The maximum absolute atomic E-state index is 11.5. The Labute approximate surface area is 112 Å². The van der Waals surface area contributed by atoms with Crippen molar-refractivity contribution in [3.05, 3.63) is 34.9 Å². The van der Waals surface area contributed by atoms with Crippen LogP contribution in [0.15, 0.2) is 18.2 Å². The van der Waals surface area contributed by atoms with Crippen LogP contribution in [-0.2, 0) is 16.1 Å². The van der Waals surface area contributed by atoms with Gasteiger partial charge in [-0.05, 0) is 38.8 Å². The molecule has 0 atom stereocenters. The maximum Gasteiger partial charge on any atom is 0.408 e. The fourth-order valence-electron chi connectivity index (χ4n) is 1.44. The molecule has 1 rings (SSSR count). The van der Waals surface area contributed by atoms with Crippen LogP contribution < -0.4 is 5.32 Å². The maximum atomic E-state index is 11.5. The number of nitrogens with one attached hydrogen (secondary N) is 1. The summed E-state index contributed by atoms with van der Waals surface area (Å²) in [4.78, 5) is 22.4. The molecular weight excluding hydrogens is 246 g/mol. The molecule has 0 aliphatic heterocycles. The van der Waals surface area contributed by atoms with Crippen molar-refractivity contribution < 1.29 is 19.4 Å². The van der Waals surface area contributed by atoms with Gasteiger partial charge in [0.1, 0.15) is 12.1 Å². The minimum Gasteiger partial charge on any atom is -0.480 e. The van der Waals surface area contributed by atoms with E-state index in [1.807, 2.05) is 32.0 Å². The van der Waals surface area contributed by atoms with Gasteiger partial charge >= 0.3 is 12.1 Å². The molecule has 0 unspecified atom stereocenters. The Bertz CT molecular complexity index is 494. The smallest absolute Gasteiger partial charge is 0.408 e. The van der Waals surface area contributed by atoms with E-state index in [1.165, 1.54) is 13.8 Å². The third kappa shape index (κ3) is 4.28. The number of aliphatic carboxylic acids is 1. The lowest BCUT2D eigenvalue weighted by atomic mass is 10.1. The summed E-state index contributed by atoms with van der Waals surface area (Å²) in [5.74, 6) is -1.11. The lowest BCUT2D eigenvalue weighted by molar-refractivity contribution is -0.143. The summed E-state index contributed by atoms with van der Waals surface area (Å²) in [5.41, 5.74) is 1.66. The van der Waals surface area contributed by atoms with E-state index in [0.717, 1.165) is 16.7 Å². The molecule has 0 saturated carbocycles. The number of carbonyl (C=O) groups excluding carboxylic acids is 1. The fraction of sp³-hybridized carbons (Fsp3) is 0.429. The number of hydrogen-bond donors (Lipinski definition) is 2. The van der Waals surface area contributed by atoms with Crippen molar-refractivity contribution in [2.45, 2.75) is 39.8 Å². The summed E-state index contributed by atoms with van der Waals surface area (Å²) in [5, 5.41) is 11.2. The predicted octanol–water partition coefficient (Wildman–Crippen LogP) is 2.39. The van der Waals surface area contributed by atoms with Crippen LogP contribution >= 0.6 is 0 Å². The fourth-order valence-corrected chi connectivity index (χ4v) is 1.44. The van der Waals surface area contributed by atoms with Gasteiger partial charge in [0.05, 0.1) is 0 Å². The van der Waals surface area contributed by atoms with E-state index < -0.39 is 17.6 Å². The number of ether oxygens (including phenoxy) is 1. The molecule has 0 aliphatic rings. The zero-order valence-electron chi connectivity index (χ0n) is 11.6. The van der Waals surface area contributed by atoms with Crippen LogP contribution in [0.5, 0.6) is 0 Å². The van der Waals surface area contributed by atoms with Crippen LogP contribution in [0.25, 0.3) is 0 Å². The lowest BCUT2D eigenvalue weighted by Crippen LogP contribution is -2.49.